The van der Waals surface area contributed by atoms with Crippen molar-refractivity contribution in [3.8, 4) is 5.75 Å². The summed E-state index contributed by atoms with van der Waals surface area (Å²) in [5.74, 6) is 2.62. The summed E-state index contributed by atoms with van der Waals surface area (Å²) in [4.78, 5) is 0. The second-order valence-corrected chi connectivity index (χ2v) is 17.8. The van der Waals surface area contributed by atoms with E-state index >= 15 is 0 Å². The van der Waals surface area contributed by atoms with Gasteiger partial charge in [-0.25, -0.2) is 0 Å². The van der Waals surface area contributed by atoms with Crippen molar-refractivity contribution >= 4 is 12.2 Å². The van der Waals surface area contributed by atoms with Crippen molar-refractivity contribution in [2.75, 3.05) is 6.61 Å². The van der Waals surface area contributed by atoms with Crippen LogP contribution in [0.15, 0.2) is 115 Å². The lowest BCUT2D eigenvalue weighted by Crippen LogP contribution is -2.34. The van der Waals surface area contributed by atoms with Crippen LogP contribution in [-0.2, 0) is 0 Å². The largest absolute Gasteiger partial charge is 0.493 e. The summed E-state index contributed by atoms with van der Waals surface area (Å²) >= 11 is 0. The van der Waals surface area contributed by atoms with E-state index in [1.54, 1.807) is 0 Å². The molecule has 6 aromatic carbocycles. The molecule has 57 heavy (non-hydrogen) atoms. The van der Waals surface area contributed by atoms with Gasteiger partial charge in [0.1, 0.15) is 5.75 Å². The topological polar surface area (TPSA) is 9.23 Å². The van der Waals surface area contributed by atoms with Crippen LogP contribution in [0.25, 0.3) is 12.2 Å². The molecule has 6 aliphatic carbocycles. The van der Waals surface area contributed by atoms with Crippen molar-refractivity contribution in [3.05, 3.63) is 204 Å². The Morgan fingerprint density at radius 1 is 0.456 bits per heavy atom. The Bertz CT molecular complexity index is 2280. The molecule has 0 saturated heterocycles. The van der Waals surface area contributed by atoms with Crippen molar-refractivity contribution in [1.29, 1.82) is 0 Å². The van der Waals surface area contributed by atoms with Gasteiger partial charge in [-0.3, -0.25) is 0 Å². The molecule has 1 heteroatoms. The first-order chi connectivity index (χ1) is 28.0. The zero-order valence-electron chi connectivity index (χ0n) is 34.4. The zero-order valence-corrected chi connectivity index (χ0v) is 34.4. The van der Waals surface area contributed by atoms with Gasteiger partial charge in [0.05, 0.1) is 6.61 Å². The monoisotopic (exact) mass is 744 g/mol. The van der Waals surface area contributed by atoms with E-state index in [1.165, 1.54) is 127 Å². The smallest absolute Gasteiger partial charge is 0.128 e. The maximum Gasteiger partial charge on any atom is 0.128 e. The molecule has 0 aromatic heterocycles. The van der Waals surface area contributed by atoms with E-state index < -0.39 is 0 Å². The molecule has 0 amide bonds. The van der Waals surface area contributed by atoms with Crippen LogP contribution >= 0.6 is 0 Å². The summed E-state index contributed by atoms with van der Waals surface area (Å²) in [6.45, 7) is 12.3. The van der Waals surface area contributed by atoms with Gasteiger partial charge in [0.25, 0.3) is 0 Å². The maximum atomic E-state index is 7.45. The van der Waals surface area contributed by atoms with E-state index in [-0.39, 0.29) is 23.7 Å². The molecule has 0 atom stereocenters. The van der Waals surface area contributed by atoms with Crippen LogP contribution in [0.5, 0.6) is 5.75 Å². The average Bonchev–Trinajstić information content (AvgIpc) is 3.24. The Morgan fingerprint density at radius 3 is 1.21 bits per heavy atom. The van der Waals surface area contributed by atoms with Gasteiger partial charge in [-0.1, -0.05) is 194 Å². The first-order valence-corrected chi connectivity index (χ1v) is 22.0. The van der Waals surface area contributed by atoms with Crippen LogP contribution < -0.4 is 4.74 Å². The lowest BCUT2D eigenvalue weighted by Gasteiger charge is -2.49. The minimum Gasteiger partial charge on any atom is -0.493 e. The van der Waals surface area contributed by atoms with Crippen molar-refractivity contribution in [2.45, 2.75) is 109 Å². The Hall–Kier alpha value is -5.14. The van der Waals surface area contributed by atoms with Gasteiger partial charge in [0.2, 0.25) is 0 Å². The highest BCUT2D eigenvalue weighted by Crippen LogP contribution is 2.66. The molecule has 4 bridgehead atoms. The SMILES string of the molecule is CCCCCCCCOc1c2c(c(/C=C/c3cc(C(C)C)cc(C(C)C)c3)c3c1C1c4ccccc4C3c3ccccc31)C1c3ccccc3C2c2ccccc21. The molecule has 0 saturated carbocycles. The lowest BCUT2D eigenvalue weighted by molar-refractivity contribution is 0.295. The Kier molecular flexibility index (Phi) is 9.32. The minimum atomic E-state index is 0.122. The van der Waals surface area contributed by atoms with E-state index in [9.17, 15) is 0 Å². The summed E-state index contributed by atoms with van der Waals surface area (Å²) in [5.41, 5.74) is 22.9. The van der Waals surface area contributed by atoms with Gasteiger partial charge in [-0.2, -0.15) is 0 Å². The highest BCUT2D eigenvalue weighted by molar-refractivity contribution is 5.87. The van der Waals surface area contributed by atoms with Crippen molar-refractivity contribution in [1.82, 2.24) is 0 Å². The molecule has 0 N–H and O–H groups in total. The second-order valence-electron chi connectivity index (χ2n) is 17.8. The third-order valence-corrected chi connectivity index (χ3v) is 13.8. The highest BCUT2D eigenvalue weighted by atomic mass is 16.5. The Morgan fingerprint density at radius 2 is 0.825 bits per heavy atom. The quantitative estimate of drug-likeness (QED) is 0.0894. The van der Waals surface area contributed by atoms with Gasteiger partial charge < -0.3 is 4.74 Å². The predicted octanol–water partition coefficient (Wildman–Crippen LogP) is 14.8. The molecule has 1 nitrogen and oxygen atoms in total. The number of unbranched alkanes of at least 4 members (excludes halogenated alkanes) is 5. The molecular formula is C56H56O. The second kappa shape index (κ2) is 14.7. The number of rotatable bonds is 12. The number of benzene rings is 6. The molecule has 286 valence electrons. The van der Waals surface area contributed by atoms with E-state index in [1.807, 2.05) is 0 Å². The van der Waals surface area contributed by atoms with E-state index in [0.717, 1.165) is 13.0 Å². The third-order valence-electron chi connectivity index (χ3n) is 13.8. The summed E-state index contributed by atoms with van der Waals surface area (Å²) in [6.07, 6.45) is 12.5. The Labute approximate surface area is 340 Å². The molecule has 12 rings (SSSR count). The molecule has 0 aliphatic heterocycles. The van der Waals surface area contributed by atoms with Gasteiger partial charge in [0, 0.05) is 34.8 Å². The molecule has 6 aliphatic rings. The zero-order chi connectivity index (χ0) is 38.8. The fourth-order valence-corrected chi connectivity index (χ4v) is 11.1. The fourth-order valence-electron chi connectivity index (χ4n) is 11.1. The first kappa shape index (κ1) is 36.2. The van der Waals surface area contributed by atoms with Crippen LogP contribution in [0.1, 0.15) is 198 Å². The highest BCUT2D eigenvalue weighted by Gasteiger charge is 2.51. The van der Waals surface area contributed by atoms with E-state index in [4.69, 9.17) is 4.74 Å². The minimum absolute atomic E-state index is 0.122. The van der Waals surface area contributed by atoms with Gasteiger partial charge in [0.15, 0.2) is 0 Å². The van der Waals surface area contributed by atoms with Crippen LogP contribution in [-0.4, -0.2) is 6.61 Å². The summed E-state index contributed by atoms with van der Waals surface area (Å²) in [7, 11) is 0. The summed E-state index contributed by atoms with van der Waals surface area (Å²) < 4.78 is 7.45. The fraction of sp³-hybridized carbons (Fsp3) is 0.321. The third kappa shape index (κ3) is 5.79. The van der Waals surface area contributed by atoms with E-state index in [2.05, 4.69) is 162 Å². The standard InChI is InChI=1S/C56H56O/c1-6-7-8-9-10-19-30-57-56-54-50-43-24-15-11-20-39(43)48(40-21-12-16-25-44(40)50)52(54)47(29-28-36-31-37(34(2)3)33-38(32-36)35(4)5)53-49-41-22-13-17-26-45(41)51(55(53)56)46-27-18-14-23-42(46)49/h11-18,20-29,31-35,48-51H,6-10,19,30H2,1-5H3/b29-28+. The Balaban J connectivity index is 1.26. The van der Waals surface area contributed by atoms with Gasteiger partial charge >= 0.3 is 0 Å². The predicted molar refractivity (Wildman–Crippen MR) is 238 cm³/mol. The van der Waals surface area contributed by atoms with Crippen LogP contribution in [0.3, 0.4) is 0 Å². The molecular weight excluding hydrogens is 689 g/mol. The molecule has 6 aromatic rings. The molecule has 0 unspecified atom stereocenters. The number of ether oxygens (including phenoxy) is 1. The lowest BCUT2D eigenvalue weighted by atomic mass is 9.54. The first-order valence-electron chi connectivity index (χ1n) is 22.0. The summed E-state index contributed by atoms with van der Waals surface area (Å²) in [6, 6.07) is 44.6. The number of hydrogen-bond acceptors (Lipinski definition) is 1. The van der Waals surface area contributed by atoms with Crippen LogP contribution in [0, 0.1) is 0 Å². The van der Waals surface area contributed by atoms with Crippen LogP contribution in [0.2, 0.25) is 0 Å². The normalized spacial score (nSPS) is 19.0. The molecule has 0 radical (unpaired) electrons. The molecule has 0 spiro atoms. The van der Waals surface area contributed by atoms with Crippen molar-refractivity contribution in [3.63, 3.8) is 0 Å². The maximum absolute atomic E-state index is 7.45. The molecule has 0 fully saturated rings. The molecule has 0 heterocycles. The number of hydrogen-bond donors (Lipinski definition) is 0. The van der Waals surface area contributed by atoms with Gasteiger partial charge in [-0.05, 0) is 96.1 Å². The average molecular weight is 745 g/mol. The van der Waals surface area contributed by atoms with E-state index in [0.29, 0.717) is 11.8 Å². The van der Waals surface area contributed by atoms with Crippen molar-refractivity contribution in [2.24, 2.45) is 0 Å². The van der Waals surface area contributed by atoms with Crippen LogP contribution in [0.4, 0.5) is 0 Å². The van der Waals surface area contributed by atoms with Gasteiger partial charge in [-0.15, -0.1) is 0 Å². The summed E-state index contributed by atoms with van der Waals surface area (Å²) in [5, 5.41) is 0. The van der Waals surface area contributed by atoms with Crippen molar-refractivity contribution < 1.29 is 4.74 Å².